The molecule has 21 heavy (non-hydrogen) atoms. The van der Waals surface area contributed by atoms with E-state index in [9.17, 15) is 8.42 Å². The maximum atomic E-state index is 12.6. The number of sulfonamides is 1. The molecular formula is C14H18N4O2S. The van der Waals surface area contributed by atoms with Gasteiger partial charge in [-0.25, -0.2) is 8.42 Å². The highest BCUT2D eigenvalue weighted by atomic mass is 32.2. The van der Waals surface area contributed by atoms with E-state index < -0.39 is 10.0 Å². The molecule has 0 saturated carbocycles. The number of nitrogens with one attached hydrogen (secondary N) is 1. The minimum absolute atomic E-state index is 0.0589. The maximum absolute atomic E-state index is 12.6. The third-order valence-corrected chi connectivity index (χ3v) is 5.11. The van der Waals surface area contributed by atoms with E-state index in [2.05, 4.69) is 10.4 Å². The number of aryl methyl sites for hydroxylation is 1. The first kappa shape index (κ1) is 15.4. The van der Waals surface area contributed by atoms with Gasteiger partial charge in [-0.3, -0.25) is 10.8 Å². The summed E-state index contributed by atoms with van der Waals surface area (Å²) in [6.07, 6.45) is 2.77. The molecule has 0 spiro atoms. The standard InChI is InChI=1S/C14H18N4O2S/c1-11-5-3-4-6-12(11)10-18(2)21(19,20)14-9-16-8-7-13(14)17-15/h3-9H,10,15H2,1-2H3,(H,16,17). The average Bonchev–Trinajstić information content (AvgIpc) is 2.49. The number of hydrogen-bond donors (Lipinski definition) is 2. The summed E-state index contributed by atoms with van der Waals surface area (Å²) in [5.74, 6) is 5.36. The number of aromatic nitrogens is 1. The summed E-state index contributed by atoms with van der Waals surface area (Å²) in [5, 5.41) is 0. The van der Waals surface area contributed by atoms with Crippen molar-refractivity contribution in [1.29, 1.82) is 0 Å². The Morgan fingerprint density at radius 3 is 2.67 bits per heavy atom. The van der Waals surface area contributed by atoms with E-state index in [4.69, 9.17) is 5.84 Å². The van der Waals surface area contributed by atoms with Crippen molar-refractivity contribution in [3.63, 3.8) is 0 Å². The van der Waals surface area contributed by atoms with Gasteiger partial charge in [0.2, 0.25) is 10.0 Å². The normalized spacial score (nSPS) is 11.6. The highest BCUT2D eigenvalue weighted by Crippen LogP contribution is 2.23. The molecule has 2 aromatic rings. The topological polar surface area (TPSA) is 88.3 Å². The Morgan fingerprint density at radius 2 is 2.00 bits per heavy atom. The molecule has 0 amide bonds. The van der Waals surface area contributed by atoms with Crippen LogP contribution in [0, 0.1) is 6.92 Å². The van der Waals surface area contributed by atoms with Crippen LogP contribution in [0.3, 0.4) is 0 Å². The molecule has 0 unspecified atom stereocenters. The molecule has 0 atom stereocenters. The Balaban J connectivity index is 2.33. The second kappa shape index (κ2) is 6.21. The lowest BCUT2D eigenvalue weighted by Gasteiger charge is -2.19. The fourth-order valence-corrected chi connectivity index (χ4v) is 3.23. The largest absolute Gasteiger partial charge is 0.323 e. The fraction of sp³-hybridized carbons (Fsp3) is 0.214. The minimum atomic E-state index is -3.67. The second-order valence-corrected chi connectivity index (χ2v) is 6.72. The quantitative estimate of drug-likeness (QED) is 0.645. The van der Waals surface area contributed by atoms with Crippen LogP contribution >= 0.6 is 0 Å². The van der Waals surface area contributed by atoms with Gasteiger partial charge >= 0.3 is 0 Å². The molecule has 0 fully saturated rings. The van der Waals surface area contributed by atoms with Gasteiger partial charge in [-0.1, -0.05) is 24.3 Å². The lowest BCUT2D eigenvalue weighted by Crippen LogP contribution is -2.28. The van der Waals surface area contributed by atoms with Crippen LogP contribution in [0.1, 0.15) is 11.1 Å². The van der Waals surface area contributed by atoms with Crippen LogP contribution < -0.4 is 11.3 Å². The molecule has 0 saturated heterocycles. The van der Waals surface area contributed by atoms with Crippen molar-refractivity contribution in [2.45, 2.75) is 18.4 Å². The van der Waals surface area contributed by atoms with Crippen molar-refractivity contribution in [3.8, 4) is 0 Å². The number of nitrogen functional groups attached to an aromatic ring is 1. The van der Waals surface area contributed by atoms with Gasteiger partial charge in [-0.05, 0) is 24.1 Å². The molecule has 1 aromatic carbocycles. The van der Waals surface area contributed by atoms with Gasteiger partial charge in [0.05, 0.1) is 5.69 Å². The monoisotopic (exact) mass is 306 g/mol. The Bertz CT molecular complexity index is 731. The molecule has 1 aromatic heterocycles. The van der Waals surface area contributed by atoms with Gasteiger partial charge in [-0.15, -0.1) is 0 Å². The van der Waals surface area contributed by atoms with Crippen LogP contribution in [0.2, 0.25) is 0 Å². The van der Waals surface area contributed by atoms with Crippen molar-refractivity contribution < 1.29 is 8.42 Å². The first-order valence-corrected chi connectivity index (χ1v) is 7.82. The summed E-state index contributed by atoms with van der Waals surface area (Å²) in [7, 11) is -2.13. The maximum Gasteiger partial charge on any atom is 0.246 e. The molecular weight excluding hydrogens is 288 g/mol. The summed E-state index contributed by atoms with van der Waals surface area (Å²) in [4.78, 5) is 3.92. The van der Waals surface area contributed by atoms with Gasteiger partial charge in [0.1, 0.15) is 4.90 Å². The van der Waals surface area contributed by atoms with Crippen molar-refractivity contribution in [3.05, 3.63) is 53.9 Å². The molecule has 3 N–H and O–H groups in total. The number of pyridine rings is 1. The Morgan fingerprint density at radius 1 is 1.29 bits per heavy atom. The highest BCUT2D eigenvalue weighted by molar-refractivity contribution is 7.89. The zero-order valence-corrected chi connectivity index (χ0v) is 12.8. The number of hydrogen-bond acceptors (Lipinski definition) is 5. The van der Waals surface area contributed by atoms with Crippen LogP contribution in [0.25, 0.3) is 0 Å². The zero-order chi connectivity index (χ0) is 15.5. The van der Waals surface area contributed by atoms with E-state index in [1.165, 1.54) is 29.8 Å². The number of nitrogens with zero attached hydrogens (tertiary/aromatic N) is 2. The van der Waals surface area contributed by atoms with E-state index in [0.29, 0.717) is 5.69 Å². The minimum Gasteiger partial charge on any atom is -0.323 e. The number of anilines is 1. The van der Waals surface area contributed by atoms with Gasteiger partial charge in [0.25, 0.3) is 0 Å². The summed E-state index contributed by atoms with van der Waals surface area (Å²) < 4.78 is 26.5. The summed E-state index contributed by atoms with van der Waals surface area (Å²) in [6.45, 7) is 2.24. The van der Waals surface area contributed by atoms with E-state index >= 15 is 0 Å². The summed E-state index contributed by atoms with van der Waals surface area (Å²) in [5.41, 5.74) is 4.70. The zero-order valence-electron chi connectivity index (χ0n) is 11.9. The van der Waals surface area contributed by atoms with E-state index in [1.54, 1.807) is 0 Å². The van der Waals surface area contributed by atoms with Crippen molar-refractivity contribution in [1.82, 2.24) is 9.29 Å². The van der Waals surface area contributed by atoms with E-state index in [1.807, 2.05) is 31.2 Å². The van der Waals surface area contributed by atoms with Gasteiger partial charge in [0, 0.05) is 26.0 Å². The van der Waals surface area contributed by atoms with Crippen LogP contribution in [-0.4, -0.2) is 24.8 Å². The van der Waals surface area contributed by atoms with Crippen molar-refractivity contribution in [2.75, 3.05) is 12.5 Å². The van der Waals surface area contributed by atoms with Crippen LogP contribution in [0.4, 0.5) is 5.69 Å². The molecule has 0 bridgehead atoms. The molecule has 7 heteroatoms. The van der Waals surface area contributed by atoms with Crippen molar-refractivity contribution >= 4 is 15.7 Å². The lowest BCUT2D eigenvalue weighted by atomic mass is 10.1. The molecule has 0 aliphatic carbocycles. The van der Waals surface area contributed by atoms with E-state index in [0.717, 1.165) is 11.1 Å². The molecule has 0 aliphatic heterocycles. The number of nitrogens with two attached hydrogens (primary N) is 1. The van der Waals surface area contributed by atoms with Gasteiger partial charge < -0.3 is 5.43 Å². The predicted molar refractivity (Wildman–Crippen MR) is 81.9 cm³/mol. The SMILES string of the molecule is Cc1ccccc1CN(C)S(=O)(=O)c1cnccc1NN. The lowest BCUT2D eigenvalue weighted by molar-refractivity contribution is 0.466. The third-order valence-electron chi connectivity index (χ3n) is 3.28. The Hall–Kier alpha value is -1.96. The first-order chi connectivity index (χ1) is 9.96. The molecule has 112 valence electrons. The average molecular weight is 306 g/mol. The van der Waals surface area contributed by atoms with Crippen LogP contribution in [0.15, 0.2) is 47.6 Å². The Kier molecular flexibility index (Phi) is 4.56. The second-order valence-electron chi connectivity index (χ2n) is 4.70. The van der Waals surface area contributed by atoms with E-state index in [-0.39, 0.29) is 11.4 Å². The summed E-state index contributed by atoms with van der Waals surface area (Å²) in [6, 6.07) is 9.19. The molecule has 1 heterocycles. The third kappa shape index (κ3) is 3.21. The first-order valence-electron chi connectivity index (χ1n) is 6.38. The van der Waals surface area contributed by atoms with Crippen molar-refractivity contribution in [2.24, 2.45) is 5.84 Å². The molecule has 2 rings (SSSR count). The molecule has 0 aliphatic rings. The smallest absolute Gasteiger partial charge is 0.246 e. The van der Waals surface area contributed by atoms with Gasteiger partial charge in [0.15, 0.2) is 0 Å². The fourth-order valence-electron chi connectivity index (χ4n) is 1.99. The van der Waals surface area contributed by atoms with Crippen LogP contribution in [-0.2, 0) is 16.6 Å². The van der Waals surface area contributed by atoms with Crippen LogP contribution in [0.5, 0.6) is 0 Å². The number of rotatable bonds is 5. The number of hydrazine groups is 1. The predicted octanol–water partition coefficient (Wildman–Crippen LogP) is 1.50. The number of benzene rings is 1. The van der Waals surface area contributed by atoms with Gasteiger partial charge in [-0.2, -0.15) is 4.31 Å². The summed E-state index contributed by atoms with van der Waals surface area (Å²) >= 11 is 0. The molecule has 0 radical (unpaired) electrons. The highest BCUT2D eigenvalue weighted by Gasteiger charge is 2.24. The molecule has 6 nitrogen and oxygen atoms in total. The Labute approximate surface area is 124 Å².